The Labute approximate surface area is 49.3 Å². The lowest BCUT2D eigenvalue weighted by molar-refractivity contribution is 0.388. The van der Waals surface area contributed by atoms with Gasteiger partial charge in [0.25, 0.3) is 0 Å². The molecule has 2 unspecified atom stereocenters. The van der Waals surface area contributed by atoms with Crippen molar-refractivity contribution in [1.82, 2.24) is 0 Å². The second-order valence-corrected chi connectivity index (χ2v) is 2.05. The average Bonchev–Trinajstić information content (AvgIpc) is 2.45. The number of ether oxygens (including phenoxy) is 1. The van der Waals surface area contributed by atoms with E-state index in [2.05, 4.69) is 0 Å². The summed E-state index contributed by atoms with van der Waals surface area (Å²) < 4.78 is 4.98. The van der Waals surface area contributed by atoms with Crippen molar-refractivity contribution in [3.8, 4) is 0 Å². The van der Waals surface area contributed by atoms with Gasteiger partial charge in [0.2, 0.25) is 0 Å². The zero-order chi connectivity index (χ0) is 6.15. The predicted octanol–water partition coefficient (Wildman–Crippen LogP) is 0.636. The Kier molecular flexibility index (Phi) is 1.36. The monoisotopic (exact) mass is 113 g/mol. The van der Waals surface area contributed by atoms with E-state index in [1.165, 1.54) is 5.57 Å². The fourth-order valence-electron chi connectivity index (χ4n) is 0.655. The van der Waals surface area contributed by atoms with Crippen molar-refractivity contribution in [2.24, 2.45) is 5.73 Å². The van der Waals surface area contributed by atoms with Crippen LogP contribution in [-0.4, -0.2) is 12.3 Å². The number of nitrogens with two attached hydrogens (primary N) is 1. The van der Waals surface area contributed by atoms with Gasteiger partial charge in [-0.3, -0.25) is 0 Å². The molecule has 2 atom stereocenters. The van der Waals surface area contributed by atoms with Crippen LogP contribution in [0, 0.1) is 0 Å². The third-order valence-corrected chi connectivity index (χ3v) is 1.43. The molecular formula is C6H11NO. The third-order valence-electron chi connectivity index (χ3n) is 1.43. The van der Waals surface area contributed by atoms with E-state index in [4.69, 9.17) is 10.5 Å². The van der Waals surface area contributed by atoms with Crippen LogP contribution < -0.4 is 5.73 Å². The van der Waals surface area contributed by atoms with Gasteiger partial charge in [-0.1, -0.05) is 6.08 Å². The Morgan fingerprint density at radius 2 is 2.25 bits per heavy atom. The summed E-state index contributed by atoms with van der Waals surface area (Å²) in [5, 5.41) is 0. The number of hydrogen-bond acceptors (Lipinski definition) is 2. The van der Waals surface area contributed by atoms with E-state index < -0.39 is 0 Å². The van der Waals surface area contributed by atoms with Gasteiger partial charge in [0.1, 0.15) is 12.3 Å². The van der Waals surface area contributed by atoms with Crippen molar-refractivity contribution in [2.45, 2.75) is 26.2 Å². The van der Waals surface area contributed by atoms with Gasteiger partial charge in [0, 0.05) is 0 Å². The molecule has 1 aliphatic rings. The maximum atomic E-state index is 5.38. The van der Waals surface area contributed by atoms with Gasteiger partial charge in [-0.25, -0.2) is 0 Å². The summed E-state index contributed by atoms with van der Waals surface area (Å²) >= 11 is 0. The normalized spacial score (nSPS) is 37.6. The Bertz CT molecular complexity index is 120. The van der Waals surface area contributed by atoms with E-state index in [-0.39, 0.29) is 12.3 Å². The molecule has 0 bridgehead atoms. The maximum Gasteiger partial charge on any atom is 0.137 e. The second-order valence-electron chi connectivity index (χ2n) is 2.05. The van der Waals surface area contributed by atoms with Crippen LogP contribution in [0.3, 0.4) is 0 Å². The maximum absolute atomic E-state index is 5.38. The molecule has 0 spiro atoms. The van der Waals surface area contributed by atoms with Crippen molar-refractivity contribution < 1.29 is 4.74 Å². The molecule has 0 aromatic rings. The first-order valence-electron chi connectivity index (χ1n) is 2.79. The van der Waals surface area contributed by atoms with Gasteiger partial charge < -0.3 is 10.5 Å². The first-order valence-corrected chi connectivity index (χ1v) is 2.79. The largest absolute Gasteiger partial charge is 0.349 e. The molecule has 0 aromatic carbocycles. The number of hydrogen-bond donors (Lipinski definition) is 1. The smallest absolute Gasteiger partial charge is 0.137 e. The Morgan fingerprint density at radius 1 is 1.75 bits per heavy atom. The summed E-state index contributed by atoms with van der Waals surface area (Å²) in [6.07, 6.45) is 2.23. The van der Waals surface area contributed by atoms with Gasteiger partial charge >= 0.3 is 0 Å². The summed E-state index contributed by atoms with van der Waals surface area (Å²) in [6, 6.07) is 0. The molecule has 8 heavy (non-hydrogen) atoms. The van der Waals surface area contributed by atoms with Gasteiger partial charge in [-0.05, 0) is 19.4 Å². The lowest BCUT2D eigenvalue weighted by Crippen LogP contribution is -2.05. The molecule has 46 valence electrons. The van der Waals surface area contributed by atoms with E-state index >= 15 is 0 Å². The Morgan fingerprint density at radius 3 is 2.38 bits per heavy atom. The molecule has 1 heterocycles. The Hall–Kier alpha value is -0.340. The van der Waals surface area contributed by atoms with Crippen LogP contribution in [0.2, 0.25) is 0 Å². The minimum atomic E-state index is -0.0220. The number of allylic oxidation sites excluding steroid dienone is 1. The highest BCUT2D eigenvalue weighted by Gasteiger charge is 2.35. The molecule has 2 nitrogen and oxygen atoms in total. The molecule has 1 aliphatic heterocycles. The molecule has 0 radical (unpaired) electrons. The lowest BCUT2D eigenvalue weighted by Gasteiger charge is -1.86. The van der Waals surface area contributed by atoms with Crippen molar-refractivity contribution in [3.63, 3.8) is 0 Å². The zero-order valence-corrected chi connectivity index (χ0v) is 5.22. The fourth-order valence-corrected chi connectivity index (χ4v) is 0.655. The van der Waals surface area contributed by atoms with Crippen molar-refractivity contribution in [3.05, 3.63) is 11.6 Å². The molecule has 1 saturated heterocycles. The molecule has 2 heteroatoms. The molecular weight excluding hydrogens is 102 g/mol. The Balaban J connectivity index is 2.39. The highest BCUT2D eigenvalue weighted by Crippen LogP contribution is 2.23. The van der Waals surface area contributed by atoms with Crippen molar-refractivity contribution in [2.75, 3.05) is 0 Å². The van der Waals surface area contributed by atoms with Crippen LogP contribution in [0.4, 0.5) is 0 Å². The summed E-state index contributed by atoms with van der Waals surface area (Å²) in [7, 11) is 0. The highest BCUT2D eigenvalue weighted by atomic mass is 16.6. The summed E-state index contributed by atoms with van der Waals surface area (Å²) in [5.41, 5.74) is 6.61. The average molecular weight is 113 g/mol. The van der Waals surface area contributed by atoms with Crippen molar-refractivity contribution >= 4 is 0 Å². The van der Waals surface area contributed by atoms with Crippen LogP contribution in [0.5, 0.6) is 0 Å². The number of epoxide rings is 1. The van der Waals surface area contributed by atoms with E-state index in [0.29, 0.717) is 0 Å². The highest BCUT2D eigenvalue weighted by molar-refractivity contribution is 5.11. The van der Waals surface area contributed by atoms with E-state index in [0.717, 1.165) is 0 Å². The van der Waals surface area contributed by atoms with Gasteiger partial charge in [-0.15, -0.1) is 0 Å². The molecule has 0 saturated carbocycles. The van der Waals surface area contributed by atoms with Crippen LogP contribution in [0.1, 0.15) is 13.8 Å². The topological polar surface area (TPSA) is 38.5 Å². The summed E-state index contributed by atoms with van der Waals surface area (Å²) in [4.78, 5) is 0. The predicted molar refractivity (Wildman–Crippen MR) is 32.3 cm³/mol. The van der Waals surface area contributed by atoms with E-state index in [9.17, 15) is 0 Å². The third kappa shape index (κ3) is 0.904. The van der Waals surface area contributed by atoms with Gasteiger partial charge in [0.15, 0.2) is 0 Å². The molecule has 0 amide bonds. The first-order chi connectivity index (χ1) is 3.75. The molecule has 2 N–H and O–H groups in total. The summed E-state index contributed by atoms with van der Waals surface area (Å²) in [6.45, 7) is 4.02. The van der Waals surface area contributed by atoms with Crippen LogP contribution >= 0.6 is 0 Å². The fraction of sp³-hybridized carbons (Fsp3) is 0.667. The SMILES string of the molecule is C/C=C(/C)C1OC1N. The van der Waals surface area contributed by atoms with E-state index in [1.807, 2.05) is 19.9 Å². The van der Waals surface area contributed by atoms with Crippen molar-refractivity contribution in [1.29, 1.82) is 0 Å². The minimum Gasteiger partial charge on any atom is -0.349 e. The minimum absolute atomic E-state index is 0.0220. The van der Waals surface area contributed by atoms with Crippen LogP contribution in [0.25, 0.3) is 0 Å². The zero-order valence-electron chi connectivity index (χ0n) is 5.22. The van der Waals surface area contributed by atoms with Gasteiger partial charge in [0.05, 0.1) is 0 Å². The first kappa shape index (κ1) is 5.79. The molecule has 1 rings (SSSR count). The quantitative estimate of drug-likeness (QED) is 0.400. The van der Waals surface area contributed by atoms with Crippen LogP contribution in [0.15, 0.2) is 11.6 Å². The second kappa shape index (κ2) is 1.88. The lowest BCUT2D eigenvalue weighted by atomic mass is 10.2. The summed E-state index contributed by atoms with van der Waals surface area (Å²) in [5.74, 6) is 0. The van der Waals surface area contributed by atoms with Gasteiger partial charge in [-0.2, -0.15) is 0 Å². The molecule has 1 fully saturated rings. The molecule has 0 aromatic heterocycles. The standard InChI is InChI=1S/C6H11NO/c1-3-4(2)5-6(7)8-5/h3,5-6H,7H2,1-2H3/b4-3-. The van der Waals surface area contributed by atoms with Crippen LogP contribution in [-0.2, 0) is 4.74 Å². The number of rotatable bonds is 1. The molecule has 0 aliphatic carbocycles. The van der Waals surface area contributed by atoms with E-state index in [1.54, 1.807) is 0 Å².